The number of benzene rings is 1. The molecule has 9 heteroatoms. The minimum Gasteiger partial charge on any atom is -0.497 e. The third-order valence-electron chi connectivity index (χ3n) is 3.00. The number of amides is 1. The van der Waals surface area contributed by atoms with Crippen molar-refractivity contribution in [3.8, 4) is 5.75 Å². The Morgan fingerprint density at radius 1 is 1.27 bits per heavy atom. The van der Waals surface area contributed by atoms with Gasteiger partial charge in [-0.1, -0.05) is 0 Å². The number of ether oxygens (including phenoxy) is 1. The molecular weight excluding hydrogens is 308 g/mol. The monoisotopic (exact) mass is 324 g/mol. The van der Waals surface area contributed by atoms with E-state index in [0.29, 0.717) is 11.4 Å². The zero-order valence-corrected chi connectivity index (χ0v) is 12.8. The highest BCUT2D eigenvalue weighted by Gasteiger charge is 2.20. The first-order valence-corrected chi connectivity index (χ1v) is 7.70. The van der Waals surface area contributed by atoms with Gasteiger partial charge in [-0.05, 0) is 30.3 Å². The third-order valence-corrected chi connectivity index (χ3v) is 4.34. The van der Waals surface area contributed by atoms with Gasteiger partial charge in [0.1, 0.15) is 16.3 Å². The molecule has 0 aliphatic heterocycles. The average Bonchev–Trinajstić information content (AvgIpc) is 2.90. The van der Waals surface area contributed by atoms with E-state index in [2.05, 4.69) is 4.72 Å². The van der Waals surface area contributed by atoms with Crippen molar-refractivity contribution in [1.82, 2.24) is 9.99 Å². The lowest BCUT2D eigenvalue weighted by molar-refractivity contribution is 0.0945. The summed E-state index contributed by atoms with van der Waals surface area (Å²) in [5.74, 6) is 5.09. The predicted molar refractivity (Wildman–Crippen MR) is 80.9 cm³/mol. The summed E-state index contributed by atoms with van der Waals surface area (Å²) in [5.41, 5.74) is 2.48. The number of nitrogens with one attached hydrogen (secondary N) is 2. The number of rotatable bonds is 5. The maximum absolute atomic E-state index is 12.3. The van der Waals surface area contributed by atoms with Crippen LogP contribution >= 0.6 is 0 Å². The van der Waals surface area contributed by atoms with Crippen LogP contribution in [0, 0.1) is 0 Å². The quantitative estimate of drug-likeness (QED) is 0.419. The molecule has 0 aliphatic rings. The minimum atomic E-state index is -3.81. The average molecular weight is 324 g/mol. The van der Waals surface area contributed by atoms with E-state index in [-0.39, 0.29) is 10.6 Å². The molecule has 2 aromatic rings. The van der Waals surface area contributed by atoms with Crippen LogP contribution in [0.3, 0.4) is 0 Å². The molecule has 1 amide bonds. The van der Waals surface area contributed by atoms with Crippen LogP contribution in [0.25, 0.3) is 0 Å². The summed E-state index contributed by atoms with van der Waals surface area (Å²) < 4.78 is 33.4. The van der Waals surface area contributed by atoms with Crippen LogP contribution in [-0.4, -0.2) is 26.0 Å². The Morgan fingerprint density at radius 3 is 2.45 bits per heavy atom. The van der Waals surface area contributed by atoms with E-state index in [9.17, 15) is 13.2 Å². The van der Waals surface area contributed by atoms with Crippen LogP contribution in [0.4, 0.5) is 5.69 Å². The van der Waals surface area contributed by atoms with Crippen molar-refractivity contribution in [2.24, 2.45) is 12.9 Å². The molecule has 1 heterocycles. The van der Waals surface area contributed by atoms with Gasteiger partial charge in [-0.25, -0.2) is 14.3 Å². The molecule has 0 unspecified atom stereocenters. The number of nitrogen functional groups attached to an aromatic ring is 1. The minimum absolute atomic E-state index is 0.0376. The predicted octanol–water partition coefficient (Wildman–Crippen LogP) is 0.438. The molecule has 0 spiro atoms. The molecule has 0 fully saturated rings. The number of anilines is 1. The molecule has 0 radical (unpaired) electrons. The van der Waals surface area contributed by atoms with Crippen LogP contribution in [0.2, 0.25) is 0 Å². The van der Waals surface area contributed by atoms with Crippen LogP contribution < -0.4 is 20.7 Å². The second-order valence-electron chi connectivity index (χ2n) is 4.48. The Kier molecular flexibility index (Phi) is 4.38. The van der Waals surface area contributed by atoms with Gasteiger partial charge in [0.25, 0.3) is 15.9 Å². The van der Waals surface area contributed by atoms with E-state index in [1.165, 1.54) is 23.9 Å². The van der Waals surface area contributed by atoms with Gasteiger partial charge in [-0.15, -0.1) is 0 Å². The summed E-state index contributed by atoms with van der Waals surface area (Å²) in [4.78, 5) is 11.5. The first kappa shape index (κ1) is 15.9. The fourth-order valence-electron chi connectivity index (χ4n) is 1.85. The highest BCUT2D eigenvalue weighted by atomic mass is 32.2. The lowest BCUT2D eigenvalue weighted by atomic mass is 10.3. The molecular formula is C13H16N4O4S. The van der Waals surface area contributed by atoms with Gasteiger partial charge in [0.2, 0.25) is 0 Å². The van der Waals surface area contributed by atoms with Crippen molar-refractivity contribution < 1.29 is 17.9 Å². The van der Waals surface area contributed by atoms with Gasteiger partial charge in [0, 0.05) is 18.9 Å². The molecule has 0 aliphatic carbocycles. The van der Waals surface area contributed by atoms with Crippen LogP contribution in [0.5, 0.6) is 5.75 Å². The highest BCUT2D eigenvalue weighted by Crippen LogP contribution is 2.20. The number of hydrazine groups is 1. The summed E-state index contributed by atoms with van der Waals surface area (Å²) >= 11 is 0. The number of hydrogen-bond donors (Lipinski definition) is 3. The van der Waals surface area contributed by atoms with Gasteiger partial charge in [0.15, 0.2) is 0 Å². The number of aromatic nitrogens is 1. The van der Waals surface area contributed by atoms with Gasteiger partial charge in [0.05, 0.1) is 7.11 Å². The number of nitrogens with two attached hydrogens (primary N) is 1. The Balaban J connectivity index is 2.28. The third kappa shape index (κ3) is 3.21. The molecule has 1 aromatic heterocycles. The maximum atomic E-state index is 12.3. The fraction of sp³-hybridized carbons (Fsp3) is 0.154. The summed E-state index contributed by atoms with van der Waals surface area (Å²) in [6.07, 6.45) is 1.33. The summed E-state index contributed by atoms with van der Waals surface area (Å²) in [5, 5.41) is 0. The second kappa shape index (κ2) is 6.08. The molecule has 2 rings (SSSR count). The Bertz CT molecular complexity index is 781. The largest absolute Gasteiger partial charge is 0.497 e. The first-order chi connectivity index (χ1) is 10.4. The summed E-state index contributed by atoms with van der Waals surface area (Å²) in [6.45, 7) is 0. The molecule has 4 N–H and O–H groups in total. The number of aryl methyl sites for hydroxylation is 1. The lowest BCUT2D eigenvalue weighted by Gasteiger charge is -2.07. The van der Waals surface area contributed by atoms with E-state index < -0.39 is 15.9 Å². The second-order valence-corrected chi connectivity index (χ2v) is 6.16. The molecule has 1 aromatic carbocycles. The summed E-state index contributed by atoms with van der Waals surface area (Å²) in [7, 11) is -0.735. The molecule has 0 atom stereocenters. The number of methoxy groups -OCH3 is 1. The Morgan fingerprint density at radius 2 is 1.91 bits per heavy atom. The lowest BCUT2D eigenvalue weighted by Crippen LogP contribution is -2.31. The van der Waals surface area contributed by atoms with Crippen molar-refractivity contribution in [2.45, 2.75) is 4.90 Å². The van der Waals surface area contributed by atoms with E-state index >= 15 is 0 Å². The maximum Gasteiger partial charge on any atom is 0.281 e. The molecule has 0 bridgehead atoms. The Labute approximate surface area is 127 Å². The Hall–Kier alpha value is -2.52. The number of carbonyl (C=O) groups excluding carboxylic acids is 1. The van der Waals surface area contributed by atoms with Gasteiger partial charge >= 0.3 is 0 Å². The van der Waals surface area contributed by atoms with Gasteiger partial charge in [-0.3, -0.25) is 14.9 Å². The van der Waals surface area contributed by atoms with E-state index in [4.69, 9.17) is 10.6 Å². The SMILES string of the molecule is COc1ccc(NS(=O)(=O)c2cc(C(=O)NN)n(C)c2)cc1. The highest BCUT2D eigenvalue weighted by molar-refractivity contribution is 7.92. The molecule has 8 nitrogen and oxygen atoms in total. The topological polar surface area (TPSA) is 115 Å². The van der Waals surface area contributed by atoms with Crippen molar-refractivity contribution >= 4 is 21.6 Å². The van der Waals surface area contributed by atoms with Crippen molar-refractivity contribution in [1.29, 1.82) is 0 Å². The fourth-order valence-corrected chi connectivity index (χ4v) is 2.98. The molecule has 0 saturated heterocycles. The number of nitrogens with zero attached hydrogens (tertiary/aromatic N) is 1. The molecule has 0 saturated carbocycles. The smallest absolute Gasteiger partial charge is 0.281 e. The zero-order valence-electron chi connectivity index (χ0n) is 12.0. The number of sulfonamides is 1. The van der Waals surface area contributed by atoms with Crippen molar-refractivity contribution in [3.63, 3.8) is 0 Å². The van der Waals surface area contributed by atoms with Crippen molar-refractivity contribution in [3.05, 3.63) is 42.2 Å². The van der Waals surface area contributed by atoms with Crippen molar-refractivity contribution in [2.75, 3.05) is 11.8 Å². The zero-order chi connectivity index (χ0) is 16.3. The summed E-state index contributed by atoms with van der Waals surface area (Å²) in [6, 6.07) is 7.67. The van der Waals surface area contributed by atoms with Gasteiger partial charge < -0.3 is 9.30 Å². The van der Waals surface area contributed by atoms with E-state index in [1.54, 1.807) is 31.3 Å². The van der Waals surface area contributed by atoms with Crippen LogP contribution in [0.1, 0.15) is 10.5 Å². The van der Waals surface area contributed by atoms with Crippen LogP contribution in [-0.2, 0) is 17.1 Å². The van der Waals surface area contributed by atoms with E-state index in [0.717, 1.165) is 0 Å². The van der Waals surface area contributed by atoms with Gasteiger partial charge in [-0.2, -0.15) is 0 Å². The first-order valence-electron chi connectivity index (χ1n) is 6.21. The molecule has 22 heavy (non-hydrogen) atoms. The standard InChI is InChI=1S/C13H16N4O4S/c1-17-8-11(7-12(17)13(18)15-14)22(19,20)16-9-3-5-10(21-2)6-4-9/h3-8,16H,14H2,1-2H3,(H,15,18). The van der Waals surface area contributed by atoms with E-state index in [1.807, 2.05) is 5.43 Å². The number of carbonyl (C=O) groups is 1. The molecule has 118 valence electrons. The normalized spacial score (nSPS) is 11.0. The van der Waals surface area contributed by atoms with Crippen LogP contribution in [0.15, 0.2) is 41.4 Å². The number of hydrogen-bond acceptors (Lipinski definition) is 5.